The molecule has 0 radical (unpaired) electrons. The Morgan fingerprint density at radius 2 is 2.39 bits per heavy atom. The predicted molar refractivity (Wildman–Crippen MR) is 71.9 cm³/mol. The lowest BCUT2D eigenvalue weighted by Gasteiger charge is -2.02. The van der Waals surface area contributed by atoms with Gasteiger partial charge in [0.1, 0.15) is 5.82 Å². The van der Waals surface area contributed by atoms with Crippen molar-refractivity contribution >= 4 is 17.2 Å². The minimum Gasteiger partial charge on any atom is -0.381 e. The minimum atomic E-state index is 0.441. The first-order valence-electron chi connectivity index (χ1n) is 6.47. The molecular formula is C14H17N3O. The number of ether oxygens (including phenoxy) is 1. The van der Waals surface area contributed by atoms with Crippen molar-refractivity contribution in [3.63, 3.8) is 0 Å². The summed E-state index contributed by atoms with van der Waals surface area (Å²) < 4.78 is 7.31. The molecule has 4 nitrogen and oxygen atoms in total. The second kappa shape index (κ2) is 4.90. The molecule has 0 N–H and O–H groups in total. The van der Waals surface area contributed by atoms with Gasteiger partial charge >= 0.3 is 0 Å². The van der Waals surface area contributed by atoms with Crippen LogP contribution in [0.15, 0.2) is 29.4 Å². The van der Waals surface area contributed by atoms with Crippen LogP contribution in [0.5, 0.6) is 0 Å². The quantitative estimate of drug-likeness (QED) is 0.777. The first-order chi connectivity index (χ1) is 8.88. The van der Waals surface area contributed by atoms with Crippen LogP contribution in [0.1, 0.15) is 19.2 Å². The van der Waals surface area contributed by atoms with E-state index >= 15 is 0 Å². The Bertz CT molecular complexity index is 567. The van der Waals surface area contributed by atoms with Gasteiger partial charge in [0.2, 0.25) is 0 Å². The van der Waals surface area contributed by atoms with Crippen molar-refractivity contribution in [1.29, 1.82) is 0 Å². The largest absolute Gasteiger partial charge is 0.381 e. The summed E-state index contributed by atoms with van der Waals surface area (Å²) in [6.45, 7) is 3.74. The maximum atomic E-state index is 5.35. The molecule has 1 fully saturated rings. The second-order valence-electron chi connectivity index (χ2n) is 4.57. The highest BCUT2D eigenvalue weighted by Crippen LogP contribution is 2.17. The van der Waals surface area contributed by atoms with Gasteiger partial charge in [-0.25, -0.2) is 9.66 Å². The zero-order chi connectivity index (χ0) is 12.4. The van der Waals surface area contributed by atoms with E-state index in [0.717, 1.165) is 42.9 Å². The molecule has 2 heterocycles. The number of para-hydroxylation sites is 2. The molecule has 3 rings (SSSR count). The topological polar surface area (TPSA) is 39.4 Å². The number of imidazole rings is 1. The average molecular weight is 243 g/mol. The molecule has 1 aromatic heterocycles. The van der Waals surface area contributed by atoms with Gasteiger partial charge in [0.15, 0.2) is 0 Å². The van der Waals surface area contributed by atoms with E-state index in [1.165, 1.54) is 0 Å². The molecule has 1 aromatic carbocycles. The van der Waals surface area contributed by atoms with Crippen LogP contribution in [0.4, 0.5) is 0 Å². The van der Waals surface area contributed by atoms with Gasteiger partial charge in [-0.3, -0.25) is 0 Å². The zero-order valence-electron chi connectivity index (χ0n) is 10.5. The summed E-state index contributed by atoms with van der Waals surface area (Å²) in [6, 6.07) is 8.12. The Morgan fingerprint density at radius 1 is 1.50 bits per heavy atom. The number of aryl methyl sites for hydroxylation is 1. The van der Waals surface area contributed by atoms with E-state index < -0.39 is 0 Å². The number of hydrogen-bond donors (Lipinski definition) is 0. The molecule has 2 aromatic rings. The first kappa shape index (κ1) is 11.4. The molecule has 0 amide bonds. The molecule has 1 aliphatic heterocycles. The van der Waals surface area contributed by atoms with E-state index in [-0.39, 0.29) is 0 Å². The molecule has 1 aliphatic rings. The highest BCUT2D eigenvalue weighted by atomic mass is 16.5. The number of nitrogens with zero attached hydrogens (tertiary/aromatic N) is 3. The zero-order valence-corrected chi connectivity index (χ0v) is 10.5. The Hall–Kier alpha value is -1.68. The van der Waals surface area contributed by atoms with E-state index in [9.17, 15) is 0 Å². The number of fused-ring (bicyclic) bond motifs is 1. The van der Waals surface area contributed by atoms with Crippen molar-refractivity contribution in [2.45, 2.75) is 19.8 Å². The lowest BCUT2D eigenvalue weighted by Crippen LogP contribution is -2.04. The van der Waals surface area contributed by atoms with E-state index in [1.54, 1.807) is 0 Å². The maximum Gasteiger partial charge on any atom is 0.131 e. The lowest BCUT2D eigenvalue weighted by molar-refractivity contribution is 0.193. The SMILES string of the molecule is CCc1nc2ccccc2n1N=CC1CCOC1. The van der Waals surface area contributed by atoms with E-state index in [0.29, 0.717) is 5.92 Å². The molecule has 18 heavy (non-hydrogen) atoms. The molecule has 1 atom stereocenters. The van der Waals surface area contributed by atoms with Gasteiger partial charge in [-0.1, -0.05) is 19.1 Å². The molecule has 0 spiro atoms. The third-order valence-electron chi connectivity index (χ3n) is 3.28. The summed E-state index contributed by atoms with van der Waals surface area (Å²) in [5.74, 6) is 1.45. The van der Waals surface area contributed by atoms with Crippen LogP contribution in [0, 0.1) is 5.92 Å². The van der Waals surface area contributed by atoms with Crippen molar-refractivity contribution in [2.24, 2.45) is 11.0 Å². The molecule has 4 heteroatoms. The fourth-order valence-electron chi connectivity index (χ4n) is 2.25. The third-order valence-corrected chi connectivity index (χ3v) is 3.28. The van der Waals surface area contributed by atoms with E-state index in [2.05, 4.69) is 23.1 Å². The molecule has 1 saturated heterocycles. The van der Waals surface area contributed by atoms with Crippen LogP contribution in [0.25, 0.3) is 11.0 Å². The predicted octanol–water partition coefficient (Wildman–Crippen LogP) is 2.47. The fourth-order valence-corrected chi connectivity index (χ4v) is 2.25. The lowest BCUT2D eigenvalue weighted by atomic mass is 10.1. The van der Waals surface area contributed by atoms with Gasteiger partial charge in [-0.15, -0.1) is 0 Å². The molecule has 0 saturated carbocycles. The van der Waals surface area contributed by atoms with Crippen molar-refractivity contribution in [2.75, 3.05) is 13.2 Å². The molecule has 1 unspecified atom stereocenters. The Kier molecular flexibility index (Phi) is 3.11. The van der Waals surface area contributed by atoms with Crippen LogP contribution in [-0.4, -0.2) is 29.1 Å². The summed E-state index contributed by atoms with van der Waals surface area (Å²) in [4.78, 5) is 4.59. The Labute approximate surface area is 106 Å². The Morgan fingerprint density at radius 3 is 3.17 bits per heavy atom. The molecular weight excluding hydrogens is 226 g/mol. The average Bonchev–Trinajstić information content (AvgIpc) is 3.03. The molecule has 0 aliphatic carbocycles. The van der Waals surface area contributed by atoms with E-state index in [4.69, 9.17) is 4.74 Å². The number of benzene rings is 1. The minimum absolute atomic E-state index is 0.441. The molecule has 0 bridgehead atoms. The fraction of sp³-hybridized carbons (Fsp3) is 0.429. The van der Waals surface area contributed by atoms with Gasteiger partial charge in [0, 0.05) is 25.2 Å². The number of aromatic nitrogens is 2. The summed E-state index contributed by atoms with van der Waals surface area (Å²) in [6.07, 6.45) is 3.95. The van der Waals surface area contributed by atoms with Crippen LogP contribution >= 0.6 is 0 Å². The highest BCUT2D eigenvalue weighted by molar-refractivity contribution is 5.76. The summed E-state index contributed by atoms with van der Waals surface area (Å²) >= 11 is 0. The van der Waals surface area contributed by atoms with Gasteiger partial charge < -0.3 is 4.74 Å². The van der Waals surface area contributed by atoms with Gasteiger partial charge in [0.25, 0.3) is 0 Å². The van der Waals surface area contributed by atoms with Gasteiger partial charge in [-0.05, 0) is 18.6 Å². The Balaban J connectivity index is 1.98. The van der Waals surface area contributed by atoms with E-state index in [1.807, 2.05) is 29.1 Å². The number of hydrogen-bond acceptors (Lipinski definition) is 3. The second-order valence-corrected chi connectivity index (χ2v) is 4.57. The molecule has 94 valence electrons. The van der Waals surface area contributed by atoms with Crippen molar-refractivity contribution < 1.29 is 4.74 Å². The van der Waals surface area contributed by atoms with Gasteiger partial charge in [-0.2, -0.15) is 5.10 Å². The summed E-state index contributed by atoms with van der Waals surface area (Å²) in [5.41, 5.74) is 2.08. The monoisotopic (exact) mass is 243 g/mol. The van der Waals surface area contributed by atoms with Crippen molar-refractivity contribution in [3.05, 3.63) is 30.1 Å². The first-order valence-corrected chi connectivity index (χ1v) is 6.47. The van der Waals surface area contributed by atoms with Crippen LogP contribution in [0.3, 0.4) is 0 Å². The summed E-state index contributed by atoms with van der Waals surface area (Å²) in [5, 5.41) is 4.60. The van der Waals surface area contributed by atoms with Gasteiger partial charge in [0.05, 0.1) is 17.6 Å². The smallest absolute Gasteiger partial charge is 0.131 e. The van der Waals surface area contributed by atoms with Crippen LogP contribution in [-0.2, 0) is 11.2 Å². The standard InChI is InChI=1S/C14H17N3O/c1-2-14-16-12-5-3-4-6-13(12)17(14)15-9-11-7-8-18-10-11/h3-6,9,11H,2,7-8,10H2,1H3. The third kappa shape index (κ3) is 2.04. The number of rotatable bonds is 3. The normalized spacial score (nSPS) is 20.2. The highest BCUT2D eigenvalue weighted by Gasteiger charge is 2.14. The van der Waals surface area contributed by atoms with Crippen LogP contribution in [0.2, 0.25) is 0 Å². The van der Waals surface area contributed by atoms with Crippen molar-refractivity contribution in [3.8, 4) is 0 Å². The maximum absolute atomic E-state index is 5.35. The van der Waals surface area contributed by atoms with Crippen molar-refractivity contribution in [1.82, 2.24) is 9.66 Å². The van der Waals surface area contributed by atoms with Crippen LogP contribution < -0.4 is 0 Å². The summed E-state index contributed by atoms with van der Waals surface area (Å²) in [7, 11) is 0.